The fourth-order valence-electron chi connectivity index (χ4n) is 5.59. The summed E-state index contributed by atoms with van der Waals surface area (Å²) in [5.74, 6) is 3.43. The van der Waals surface area contributed by atoms with Crippen molar-refractivity contribution >= 4 is 0 Å². The molecule has 2 aliphatic rings. The normalized spacial score (nSPS) is 28.0. The van der Waals surface area contributed by atoms with Crippen LogP contribution in [-0.2, 0) is 6.42 Å². The Kier molecular flexibility index (Phi) is 9.07. The van der Waals surface area contributed by atoms with E-state index >= 15 is 0 Å². The first-order valence-electron chi connectivity index (χ1n) is 12.1. The summed E-state index contributed by atoms with van der Waals surface area (Å²) in [5.41, 5.74) is 3.10. The van der Waals surface area contributed by atoms with Gasteiger partial charge in [-0.1, -0.05) is 62.3 Å². The van der Waals surface area contributed by atoms with Crippen LogP contribution in [-0.4, -0.2) is 0 Å². The molecule has 0 saturated heterocycles. The fraction of sp³-hybridized carbons (Fsp3) is 0.607. The van der Waals surface area contributed by atoms with Gasteiger partial charge in [-0.05, 0) is 99.0 Å². The highest BCUT2D eigenvalue weighted by molar-refractivity contribution is 5.26. The van der Waals surface area contributed by atoms with Gasteiger partial charge in [-0.15, -0.1) is 0 Å². The minimum Gasteiger partial charge on any atom is -0.193 e. The predicted molar refractivity (Wildman–Crippen MR) is 124 cm³/mol. The van der Waals surface area contributed by atoms with Crippen LogP contribution in [0.2, 0.25) is 0 Å². The van der Waals surface area contributed by atoms with Crippen molar-refractivity contribution < 1.29 is 0 Å². The quantitative estimate of drug-likeness (QED) is 0.250. The lowest BCUT2D eigenvalue weighted by Gasteiger charge is -2.37. The number of nitrogens with zero attached hydrogens (tertiary/aromatic N) is 1. The van der Waals surface area contributed by atoms with Crippen molar-refractivity contribution in [3.05, 3.63) is 59.7 Å². The second-order valence-corrected chi connectivity index (χ2v) is 9.36. The minimum absolute atomic E-state index is 0.724. The Morgan fingerprint density at radius 3 is 2.14 bits per heavy atom. The highest BCUT2D eigenvalue weighted by Crippen LogP contribution is 2.44. The standard InChI is InChI=1S/C28H39N/c1-2-3-5-8-23-10-14-25(15-11-23)27-18-20-28(21-19-27)26-16-12-24(13-17-26)9-6-4-7-22-29/h4,6-7,9-11,14-15,24,26-28H,2-3,5,8,12-13,16-21H2,1H3/b7-4+,9-6+/t24?,26?,27-,28-. The van der Waals surface area contributed by atoms with Crippen molar-refractivity contribution in [2.45, 2.75) is 89.9 Å². The molecule has 2 saturated carbocycles. The molecule has 0 unspecified atom stereocenters. The lowest BCUT2D eigenvalue weighted by atomic mass is 9.68. The maximum atomic E-state index is 8.55. The molecule has 0 aromatic heterocycles. The molecule has 0 amide bonds. The van der Waals surface area contributed by atoms with Gasteiger partial charge in [0.1, 0.15) is 0 Å². The van der Waals surface area contributed by atoms with E-state index in [4.69, 9.17) is 5.26 Å². The van der Waals surface area contributed by atoms with Gasteiger partial charge < -0.3 is 0 Å². The van der Waals surface area contributed by atoms with Crippen LogP contribution in [0, 0.1) is 29.1 Å². The molecule has 0 heterocycles. The number of rotatable bonds is 8. The Morgan fingerprint density at radius 2 is 1.52 bits per heavy atom. The summed E-state index contributed by atoms with van der Waals surface area (Å²) in [6.45, 7) is 2.28. The van der Waals surface area contributed by atoms with E-state index in [9.17, 15) is 0 Å². The first-order valence-corrected chi connectivity index (χ1v) is 12.1. The van der Waals surface area contributed by atoms with E-state index in [1.165, 1.54) is 82.6 Å². The van der Waals surface area contributed by atoms with Gasteiger partial charge in [0.15, 0.2) is 0 Å². The SMILES string of the molecule is CCCCCc1ccc([C@H]2CC[C@H](C3CCC(/C=C/C=C/C#N)CC3)CC2)cc1. The second kappa shape index (κ2) is 12.0. The molecule has 0 atom stereocenters. The number of hydrogen-bond donors (Lipinski definition) is 0. The topological polar surface area (TPSA) is 23.8 Å². The molecule has 156 valence electrons. The third-order valence-electron chi connectivity index (χ3n) is 7.44. The molecular weight excluding hydrogens is 350 g/mol. The Morgan fingerprint density at radius 1 is 0.862 bits per heavy atom. The van der Waals surface area contributed by atoms with Gasteiger partial charge in [-0.25, -0.2) is 0 Å². The summed E-state index contributed by atoms with van der Waals surface area (Å²) in [5, 5.41) is 8.55. The molecule has 0 radical (unpaired) electrons. The second-order valence-electron chi connectivity index (χ2n) is 9.36. The van der Waals surface area contributed by atoms with Crippen molar-refractivity contribution in [1.82, 2.24) is 0 Å². The first-order chi connectivity index (χ1) is 14.3. The maximum absolute atomic E-state index is 8.55. The van der Waals surface area contributed by atoms with E-state index in [0.29, 0.717) is 0 Å². The smallest absolute Gasteiger partial charge is 0.0912 e. The van der Waals surface area contributed by atoms with Crippen molar-refractivity contribution in [3.63, 3.8) is 0 Å². The van der Waals surface area contributed by atoms with Crippen LogP contribution in [0.25, 0.3) is 0 Å². The molecule has 0 bridgehead atoms. The number of aryl methyl sites for hydroxylation is 1. The van der Waals surface area contributed by atoms with Gasteiger partial charge in [-0.2, -0.15) is 5.26 Å². The van der Waals surface area contributed by atoms with Crippen LogP contribution >= 0.6 is 0 Å². The Balaban J connectivity index is 1.40. The van der Waals surface area contributed by atoms with Gasteiger partial charge in [0.05, 0.1) is 6.07 Å². The average molecular weight is 390 g/mol. The molecule has 1 heteroatoms. The van der Waals surface area contributed by atoms with E-state index in [1.807, 2.05) is 6.08 Å². The first kappa shape index (κ1) is 21.9. The van der Waals surface area contributed by atoms with Gasteiger partial charge in [0.25, 0.3) is 0 Å². The molecule has 1 aromatic rings. The number of hydrogen-bond acceptors (Lipinski definition) is 1. The van der Waals surface area contributed by atoms with E-state index in [0.717, 1.165) is 23.7 Å². The number of benzene rings is 1. The molecule has 2 fully saturated rings. The molecule has 2 aliphatic carbocycles. The largest absolute Gasteiger partial charge is 0.193 e. The molecule has 0 spiro atoms. The van der Waals surface area contributed by atoms with Crippen molar-refractivity contribution in [2.24, 2.45) is 17.8 Å². The number of nitriles is 1. The van der Waals surface area contributed by atoms with E-state index in [-0.39, 0.29) is 0 Å². The summed E-state index contributed by atoms with van der Waals surface area (Å²) >= 11 is 0. The van der Waals surface area contributed by atoms with Crippen LogP contribution in [0.1, 0.15) is 94.6 Å². The van der Waals surface area contributed by atoms with Crippen LogP contribution in [0.4, 0.5) is 0 Å². The molecule has 29 heavy (non-hydrogen) atoms. The maximum Gasteiger partial charge on any atom is 0.0912 e. The molecule has 3 rings (SSSR count). The molecule has 1 aromatic carbocycles. The monoisotopic (exact) mass is 389 g/mol. The van der Waals surface area contributed by atoms with Crippen LogP contribution < -0.4 is 0 Å². The van der Waals surface area contributed by atoms with Crippen molar-refractivity contribution in [1.29, 1.82) is 5.26 Å². The average Bonchev–Trinajstić information content (AvgIpc) is 2.78. The van der Waals surface area contributed by atoms with E-state index in [2.05, 4.69) is 49.4 Å². The third-order valence-corrected chi connectivity index (χ3v) is 7.44. The highest BCUT2D eigenvalue weighted by atomic mass is 14.4. The van der Waals surface area contributed by atoms with E-state index in [1.54, 1.807) is 11.6 Å². The molecule has 1 nitrogen and oxygen atoms in total. The lowest BCUT2D eigenvalue weighted by Crippen LogP contribution is -2.25. The van der Waals surface area contributed by atoms with Crippen molar-refractivity contribution in [3.8, 4) is 6.07 Å². The Hall–Kier alpha value is -1.81. The molecule has 0 aliphatic heterocycles. The lowest BCUT2D eigenvalue weighted by molar-refractivity contribution is 0.171. The van der Waals surface area contributed by atoms with Gasteiger partial charge in [0.2, 0.25) is 0 Å². The molecular formula is C28H39N. The zero-order chi connectivity index (χ0) is 20.3. The Bertz CT molecular complexity index is 674. The van der Waals surface area contributed by atoms with Gasteiger partial charge in [-0.3, -0.25) is 0 Å². The van der Waals surface area contributed by atoms with Crippen LogP contribution in [0.3, 0.4) is 0 Å². The zero-order valence-corrected chi connectivity index (χ0v) is 18.4. The number of unbranched alkanes of at least 4 members (excludes halogenated alkanes) is 2. The Labute approximate surface area is 178 Å². The minimum atomic E-state index is 0.724. The summed E-state index contributed by atoms with van der Waals surface area (Å²) in [4.78, 5) is 0. The summed E-state index contributed by atoms with van der Waals surface area (Å²) in [6, 6.07) is 11.7. The zero-order valence-electron chi connectivity index (χ0n) is 18.4. The highest BCUT2D eigenvalue weighted by Gasteiger charge is 2.30. The number of allylic oxidation sites excluding steroid dienone is 4. The summed E-state index contributed by atoms with van der Waals surface area (Å²) in [6.07, 6.45) is 24.1. The third kappa shape index (κ3) is 6.88. The molecule has 0 N–H and O–H groups in total. The fourth-order valence-corrected chi connectivity index (χ4v) is 5.59. The van der Waals surface area contributed by atoms with Crippen LogP contribution in [0.15, 0.2) is 48.6 Å². The summed E-state index contributed by atoms with van der Waals surface area (Å²) < 4.78 is 0. The van der Waals surface area contributed by atoms with Gasteiger partial charge >= 0.3 is 0 Å². The van der Waals surface area contributed by atoms with E-state index < -0.39 is 0 Å². The van der Waals surface area contributed by atoms with Crippen LogP contribution in [0.5, 0.6) is 0 Å². The summed E-state index contributed by atoms with van der Waals surface area (Å²) in [7, 11) is 0. The van der Waals surface area contributed by atoms with Crippen molar-refractivity contribution in [2.75, 3.05) is 0 Å². The predicted octanol–water partition coefficient (Wildman–Crippen LogP) is 8.14. The van der Waals surface area contributed by atoms with Gasteiger partial charge in [0, 0.05) is 6.08 Å².